The van der Waals surface area contributed by atoms with E-state index in [1.807, 2.05) is 16.8 Å². The summed E-state index contributed by atoms with van der Waals surface area (Å²) in [4.78, 5) is 4.02. The number of benzene rings is 1. The Balaban J connectivity index is 1.55. The van der Waals surface area contributed by atoms with Crippen LogP contribution in [0.4, 0.5) is 0 Å². The van der Waals surface area contributed by atoms with Gasteiger partial charge < -0.3 is 4.74 Å². The molecule has 2 aromatic heterocycles. The second-order valence-corrected chi connectivity index (χ2v) is 7.42. The number of ether oxygens (including phenoxy) is 1. The van der Waals surface area contributed by atoms with E-state index < -0.39 is 0 Å². The van der Waals surface area contributed by atoms with Crippen LogP contribution in [0.3, 0.4) is 0 Å². The lowest BCUT2D eigenvalue weighted by Crippen LogP contribution is -2.01. The van der Waals surface area contributed by atoms with E-state index in [9.17, 15) is 0 Å². The Labute approximate surface area is 157 Å². The Hall–Kier alpha value is -1.37. The van der Waals surface area contributed by atoms with Crippen LogP contribution in [0.1, 0.15) is 18.4 Å². The van der Waals surface area contributed by atoms with Crippen molar-refractivity contribution in [2.45, 2.75) is 26.0 Å². The molecule has 4 rings (SSSR count). The second kappa shape index (κ2) is 6.50. The Morgan fingerprint density at radius 1 is 1.29 bits per heavy atom. The summed E-state index contributed by atoms with van der Waals surface area (Å²) in [6, 6.07) is 5.66. The summed E-state index contributed by atoms with van der Waals surface area (Å²) in [5, 5.41) is 9.23. The molecule has 1 fully saturated rings. The first-order valence-corrected chi connectivity index (χ1v) is 9.11. The third kappa shape index (κ3) is 3.23. The Morgan fingerprint density at radius 2 is 2.12 bits per heavy atom. The van der Waals surface area contributed by atoms with Crippen LogP contribution >= 0.6 is 39.1 Å². The minimum Gasteiger partial charge on any atom is -0.488 e. The van der Waals surface area contributed by atoms with Gasteiger partial charge in [-0.05, 0) is 52.9 Å². The van der Waals surface area contributed by atoms with E-state index in [1.54, 1.807) is 12.3 Å². The van der Waals surface area contributed by atoms with E-state index in [2.05, 4.69) is 31.2 Å². The van der Waals surface area contributed by atoms with Crippen LogP contribution in [-0.4, -0.2) is 20.0 Å². The molecule has 1 aromatic carbocycles. The van der Waals surface area contributed by atoms with Gasteiger partial charge in [0, 0.05) is 18.3 Å². The zero-order chi connectivity index (χ0) is 16.7. The fourth-order valence-electron chi connectivity index (χ4n) is 2.48. The number of hydrogen-bond acceptors (Lipinski definition) is 4. The Kier molecular flexibility index (Phi) is 4.37. The van der Waals surface area contributed by atoms with Crippen molar-refractivity contribution >= 4 is 50.2 Å². The number of rotatable bonds is 5. The monoisotopic (exact) mass is 426 g/mol. The molecular formula is C16H13BrCl2N4O. The highest BCUT2D eigenvalue weighted by molar-refractivity contribution is 9.10. The highest BCUT2D eigenvalue weighted by Crippen LogP contribution is 2.35. The van der Waals surface area contributed by atoms with Gasteiger partial charge in [0.1, 0.15) is 23.0 Å². The maximum absolute atomic E-state index is 5.97. The normalized spacial score (nSPS) is 14.3. The zero-order valence-corrected chi connectivity index (χ0v) is 15.6. The van der Waals surface area contributed by atoms with Crippen molar-refractivity contribution in [3.05, 3.63) is 44.6 Å². The third-order valence-corrected chi connectivity index (χ3v) is 5.42. The average Bonchev–Trinajstić information content (AvgIpc) is 3.29. The molecule has 1 saturated carbocycles. The lowest BCUT2D eigenvalue weighted by Gasteiger charge is -2.09. The average molecular weight is 428 g/mol. The molecule has 1 aliphatic carbocycles. The van der Waals surface area contributed by atoms with Gasteiger partial charge in [-0.2, -0.15) is 0 Å². The summed E-state index contributed by atoms with van der Waals surface area (Å²) < 4.78 is 8.63. The van der Waals surface area contributed by atoms with E-state index in [4.69, 9.17) is 27.9 Å². The molecule has 0 unspecified atom stereocenters. The topological polar surface area (TPSA) is 52.8 Å². The molecule has 5 nitrogen and oxygen atoms in total. The molecule has 0 radical (unpaired) electrons. The van der Waals surface area contributed by atoms with Gasteiger partial charge in [-0.1, -0.05) is 28.4 Å². The van der Waals surface area contributed by atoms with Gasteiger partial charge >= 0.3 is 0 Å². The fraction of sp³-hybridized carbons (Fsp3) is 0.312. The van der Waals surface area contributed by atoms with Crippen LogP contribution in [0.15, 0.2) is 28.9 Å². The van der Waals surface area contributed by atoms with Crippen molar-refractivity contribution < 1.29 is 4.74 Å². The quantitative estimate of drug-likeness (QED) is 0.544. The minimum absolute atomic E-state index is 0.287. The summed E-state index contributed by atoms with van der Waals surface area (Å²) in [6.45, 7) is 1.27. The van der Waals surface area contributed by atoms with Gasteiger partial charge in [-0.3, -0.25) is 0 Å². The molecule has 2 heterocycles. The molecule has 3 aromatic rings. The lowest BCUT2D eigenvalue weighted by molar-refractivity contribution is 0.304. The largest absolute Gasteiger partial charge is 0.488 e. The van der Waals surface area contributed by atoms with Crippen molar-refractivity contribution in [2.24, 2.45) is 5.92 Å². The number of pyridine rings is 1. The van der Waals surface area contributed by atoms with Crippen LogP contribution in [0.5, 0.6) is 5.75 Å². The van der Waals surface area contributed by atoms with Crippen LogP contribution in [0.25, 0.3) is 11.0 Å². The standard InChI is InChI=1S/C16H13BrCl2N4O/c17-14-13(24-8-10-5-11(18)16(19)20-6-10)4-3-12-15(14)21-22-23(12)7-9-1-2-9/h3-6,9H,1-2,7-8H2. The molecule has 24 heavy (non-hydrogen) atoms. The first-order valence-electron chi connectivity index (χ1n) is 7.56. The highest BCUT2D eigenvalue weighted by Gasteiger charge is 2.23. The van der Waals surface area contributed by atoms with Gasteiger partial charge in [-0.25, -0.2) is 9.67 Å². The van der Waals surface area contributed by atoms with Crippen molar-refractivity contribution in [2.75, 3.05) is 0 Å². The summed E-state index contributed by atoms with van der Waals surface area (Å²) in [5.41, 5.74) is 2.66. The van der Waals surface area contributed by atoms with Gasteiger partial charge in [0.05, 0.1) is 15.0 Å². The lowest BCUT2D eigenvalue weighted by atomic mass is 10.2. The van der Waals surface area contributed by atoms with Gasteiger partial charge in [0.2, 0.25) is 0 Å². The third-order valence-electron chi connectivity index (χ3n) is 3.97. The minimum atomic E-state index is 0.287. The van der Waals surface area contributed by atoms with Crippen molar-refractivity contribution in [1.29, 1.82) is 0 Å². The number of halogens is 3. The first kappa shape index (κ1) is 16.1. The number of hydrogen-bond donors (Lipinski definition) is 0. The van der Waals surface area contributed by atoms with Gasteiger partial charge in [0.25, 0.3) is 0 Å². The number of fused-ring (bicyclic) bond motifs is 1. The summed E-state index contributed by atoms with van der Waals surface area (Å²) in [5.74, 6) is 1.44. The molecular weight excluding hydrogens is 415 g/mol. The molecule has 0 N–H and O–H groups in total. The fourth-order valence-corrected chi connectivity index (χ4v) is 3.30. The summed E-state index contributed by atoms with van der Waals surface area (Å²) in [7, 11) is 0. The van der Waals surface area contributed by atoms with Gasteiger partial charge in [-0.15, -0.1) is 5.10 Å². The Bertz CT molecular complexity index is 910. The summed E-state index contributed by atoms with van der Waals surface area (Å²) in [6.07, 6.45) is 4.20. The molecule has 0 spiro atoms. The van der Waals surface area contributed by atoms with E-state index in [1.165, 1.54) is 12.8 Å². The van der Waals surface area contributed by atoms with E-state index >= 15 is 0 Å². The van der Waals surface area contributed by atoms with Crippen molar-refractivity contribution in [3.63, 3.8) is 0 Å². The molecule has 124 valence electrons. The molecule has 0 saturated heterocycles. The molecule has 0 bridgehead atoms. The van der Waals surface area contributed by atoms with E-state index in [0.29, 0.717) is 17.4 Å². The van der Waals surface area contributed by atoms with Crippen molar-refractivity contribution in [1.82, 2.24) is 20.0 Å². The van der Waals surface area contributed by atoms with Crippen LogP contribution in [0.2, 0.25) is 10.2 Å². The zero-order valence-electron chi connectivity index (χ0n) is 12.5. The van der Waals surface area contributed by atoms with Crippen LogP contribution in [-0.2, 0) is 13.2 Å². The van der Waals surface area contributed by atoms with Crippen molar-refractivity contribution in [3.8, 4) is 5.75 Å². The smallest absolute Gasteiger partial charge is 0.147 e. The first-order chi connectivity index (χ1) is 11.6. The molecule has 8 heteroatoms. The predicted molar refractivity (Wildman–Crippen MR) is 96.5 cm³/mol. The molecule has 0 atom stereocenters. The maximum Gasteiger partial charge on any atom is 0.147 e. The van der Waals surface area contributed by atoms with Crippen LogP contribution < -0.4 is 4.74 Å². The number of nitrogens with zero attached hydrogens (tertiary/aromatic N) is 4. The molecule has 0 amide bonds. The Morgan fingerprint density at radius 3 is 2.88 bits per heavy atom. The predicted octanol–water partition coefficient (Wildman–Crippen LogP) is 4.88. The van der Waals surface area contributed by atoms with E-state index in [0.717, 1.165) is 33.5 Å². The van der Waals surface area contributed by atoms with E-state index in [-0.39, 0.29) is 5.15 Å². The SMILES string of the molecule is Clc1cc(COc2ccc3c(nnn3CC3CC3)c2Br)cnc1Cl. The maximum atomic E-state index is 5.97. The van der Waals surface area contributed by atoms with Crippen LogP contribution in [0, 0.1) is 5.92 Å². The summed E-state index contributed by atoms with van der Waals surface area (Å²) >= 11 is 15.4. The number of aromatic nitrogens is 4. The molecule has 1 aliphatic rings. The highest BCUT2D eigenvalue weighted by atomic mass is 79.9. The van der Waals surface area contributed by atoms with Gasteiger partial charge in [0.15, 0.2) is 0 Å². The second-order valence-electron chi connectivity index (χ2n) is 5.87. The molecule has 0 aliphatic heterocycles.